The molecule has 2 aliphatic rings. The van der Waals surface area contributed by atoms with Crippen LogP contribution in [0.4, 0.5) is 4.39 Å². The van der Waals surface area contributed by atoms with Crippen molar-refractivity contribution in [3.05, 3.63) is 29.8 Å². The molecule has 5 nitrogen and oxygen atoms in total. The zero-order valence-corrected chi connectivity index (χ0v) is 11.9. The van der Waals surface area contributed by atoms with Gasteiger partial charge in [-0.15, -0.1) is 0 Å². The van der Waals surface area contributed by atoms with Crippen LogP contribution < -0.4 is 5.32 Å². The lowest BCUT2D eigenvalue weighted by Gasteiger charge is -2.39. The Morgan fingerprint density at radius 2 is 2.14 bits per heavy atom. The first-order chi connectivity index (χ1) is 10.1. The molecule has 1 N–H and O–H groups in total. The molecule has 0 spiro atoms. The van der Waals surface area contributed by atoms with E-state index in [0.29, 0.717) is 12.0 Å². The first-order valence-electron chi connectivity index (χ1n) is 7.30. The molecule has 1 saturated carbocycles. The topological polar surface area (TPSA) is 62.3 Å². The van der Waals surface area contributed by atoms with E-state index in [0.717, 1.165) is 19.0 Å². The Morgan fingerprint density at radius 3 is 2.76 bits per heavy atom. The van der Waals surface area contributed by atoms with Crippen molar-refractivity contribution in [3.8, 4) is 0 Å². The Hall–Kier alpha value is -1.98. The lowest BCUT2D eigenvalue weighted by atomic mass is 10.0. The molecule has 1 aromatic rings. The molecule has 1 saturated heterocycles. The first-order valence-corrected chi connectivity index (χ1v) is 7.30. The van der Waals surface area contributed by atoms with Gasteiger partial charge in [-0.05, 0) is 36.8 Å². The van der Waals surface area contributed by atoms with E-state index in [-0.39, 0.29) is 24.3 Å². The average Bonchev–Trinajstić information content (AvgIpc) is 3.27. The largest absolute Gasteiger partial charge is 0.343 e. The van der Waals surface area contributed by atoms with Crippen LogP contribution in [-0.2, 0) is 16.1 Å². The molecule has 21 heavy (non-hydrogen) atoms. The van der Waals surface area contributed by atoms with E-state index in [1.807, 2.05) is 6.92 Å². The van der Waals surface area contributed by atoms with Crippen LogP contribution in [0.15, 0.2) is 18.5 Å². The highest BCUT2D eigenvalue weighted by atomic mass is 19.1. The van der Waals surface area contributed by atoms with Crippen molar-refractivity contribution in [2.45, 2.75) is 44.8 Å². The zero-order chi connectivity index (χ0) is 15.0. The lowest BCUT2D eigenvalue weighted by Crippen LogP contribution is -2.63. The van der Waals surface area contributed by atoms with E-state index >= 15 is 0 Å². The van der Waals surface area contributed by atoms with Crippen molar-refractivity contribution >= 4 is 11.8 Å². The number of hydrogen-bond acceptors (Lipinski definition) is 3. The first kappa shape index (κ1) is 14.0. The summed E-state index contributed by atoms with van der Waals surface area (Å²) < 4.78 is 13.3. The zero-order valence-electron chi connectivity index (χ0n) is 11.9. The average molecular weight is 291 g/mol. The van der Waals surface area contributed by atoms with Crippen LogP contribution in [0.1, 0.15) is 31.7 Å². The van der Waals surface area contributed by atoms with E-state index in [4.69, 9.17) is 0 Å². The van der Waals surface area contributed by atoms with Crippen LogP contribution >= 0.6 is 0 Å². The van der Waals surface area contributed by atoms with Gasteiger partial charge < -0.3 is 10.2 Å². The minimum Gasteiger partial charge on any atom is -0.343 e. The maximum Gasteiger partial charge on any atom is 0.246 e. The standard InChI is InChI=1S/C15H18FN3O2/c1-2-12-15(21)19(8-9-5-11(16)7-17-6-9)13(10-3-4-10)14(20)18-12/h5-7,10,12-13H,2-4,8H2,1H3,(H,18,20). The molecule has 3 rings (SSSR count). The SMILES string of the molecule is CCC1NC(=O)C(C2CC2)N(Cc2cncc(F)c2)C1=O. The number of carbonyl (C=O) groups excluding carboxylic acids is 2. The molecule has 112 valence electrons. The molecule has 2 heterocycles. The predicted molar refractivity (Wildman–Crippen MR) is 73.5 cm³/mol. The fraction of sp³-hybridized carbons (Fsp3) is 0.533. The van der Waals surface area contributed by atoms with Crippen molar-refractivity contribution in [1.82, 2.24) is 15.2 Å². The highest BCUT2D eigenvalue weighted by Crippen LogP contribution is 2.37. The molecule has 2 unspecified atom stereocenters. The maximum atomic E-state index is 13.3. The van der Waals surface area contributed by atoms with E-state index in [9.17, 15) is 14.0 Å². The normalized spacial score (nSPS) is 25.9. The number of amides is 2. The minimum atomic E-state index is -0.478. The number of hydrogen-bond donors (Lipinski definition) is 1. The molecule has 0 bridgehead atoms. The molecule has 2 atom stereocenters. The predicted octanol–water partition coefficient (Wildman–Crippen LogP) is 1.24. The summed E-state index contributed by atoms with van der Waals surface area (Å²) in [4.78, 5) is 30.2. The van der Waals surface area contributed by atoms with Gasteiger partial charge in [-0.25, -0.2) is 4.39 Å². The summed E-state index contributed by atoms with van der Waals surface area (Å²) in [6, 6.07) is 0.454. The van der Waals surface area contributed by atoms with Gasteiger partial charge in [0.25, 0.3) is 0 Å². The van der Waals surface area contributed by atoms with Crippen molar-refractivity contribution in [1.29, 1.82) is 0 Å². The Labute approximate surface area is 122 Å². The van der Waals surface area contributed by atoms with E-state index < -0.39 is 17.9 Å². The number of carbonyl (C=O) groups is 2. The summed E-state index contributed by atoms with van der Waals surface area (Å²) in [6.45, 7) is 2.09. The highest BCUT2D eigenvalue weighted by Gasteiger charge is 2.47. The Bertz CT molecular complexity index is 574. The minimum absolute atomic E-state index is 0.0849. The van der Waals surface area contributed by atoms with Crippen LogP contribution in [0, 0.1) is 11.7 Å². The maximum absolute atomic E-state index is 13.3. The van der Waals surface area contributed by atoms with Crippen molar-refractivity contribution in [2.24, 2.45) is 5.92 Å². The van der Waals surface area contributed by atoms with Gasteiger partial charge in [-0.1, -0.05) is 6.92 Å². The quantitative estimate of drug-likeness (QED) is 0.907. The summed E-state index contributed by atoms with van der Waals surface area (Å²) in [6.07, 6.45) is 5.13. The van der Waals surface area contributed by atoms with Crippen molar-refractivity contribution in [2.75, 3.05) is 0 Å². The molecule has 2 fully saturated rings. The highest BCUT2D eigenvalue weighted by molar-refractivity contribution is 5.97. The van der Waals surface area contributed by atoms with Crippen molar-refractivity contribution in [3.63, 3.8) is 0 Å². The van der Waals surface area contributed by atoms with Gasteiger partial charge in [0.15, 0.2) is 0 Å². The lowest BCUT2D eigenvalue weighted by molar-refractivity contribution is -0.151. The molecule has 1 aliphatic heterocycles. The number of nitrogens with one attached hydrogen (secondary N) is 1. The second kappa shape index (κ2) is 5.42. The molecular formula is C15H18FN3O2. The molecule has 6 heteroatoms. The van der Waals surface area contributed by atoms with Gasteiger partial charge in [-0.2, -0.15) is 0 Å². The number of nitrogens with zero attached hydrogens (tertiary/aromatic N) is 2. The van der Waals surface area contributed by atoms with Gasteiger partial charge >= 0.3 is 0 Å². The fourth-order valence-corrected chi connectivity index (χ4v) is 2.87. The molecule has 0 aromatic carbocycles. The molecular weight excluding hydrogens is 273 g/mol. The third-order valence-corrected chi connectivity index (χ3v) is 4.09. The second-order valence-corrected chi connectivity index (χ2v) is 5.73. The number of rotatable bonds is 4. The number of piperazine rings is 1. The number of halogens is 1. The smallest absolute Gasteiger partial charge is 0.246 e. The summed E-state index contributed by atoms with van der Waals surface area (Å²) in [7, 11) is 0. The fourth-order valence-electron chi connectivity index (χ4n) is 2.87. The van der Waals surface area contributed by atoms with Crippen LogP contribution in [0.2, 0.25) is 0 Å². The van der Waals surface area contributed by atoms with Gasteiger partial charge in [-0.3, -0.25) is 14.6 Å². The van der Waals surface area contributed by atoms with Gasteiger partial charge in [0.05, 0.1) is 6.20 Å². The van der Waals surface area contributed by atoms with Crippen LogP contribution in [-0.4, -0.2) is 33.8 Å². The van der Waals surface area contributed by atoms with Gasteiger partial charge in [0, 0.05) is 12.7 Å². The molecule has 1 aromatic heterocycles. The summed E-state index contributed by atoms with van der Waals surface area (Å²) in [5, 5.41) is 2.79. The van der Waals surface area contributed by atoms with Gasteiger partial charge in [0.1, 0.15) is 17.9 Å². The molecule has 1 aliphatic carbocycles. The Kier molecular flexibility index (Phi) is 3.61. The summed E-state index contributed by atoms with van der Waals surface area (Å²) >= 11 is 0. The van der Waals surface area contributed by atoms with E-state index in [2.05, 4.69) is 10.3 Å². The Morgan fingerprint density at radius 1 is 1.38 bits per heavy atom. The number of pyridine rings is 1. The molecule has 0 radical (unpaired) electrons. The van der Waals surface area contributed by atoms with E-state index in [1.165, 1.54) is 12.3 Å². The summed E-state index contributed by atoms with van der Waals surface area (Å²) in [5.74, 6) is -0.378. The van der Waals surface area contributed by atoms with Crippen LogP contribution in [0.25, 0.3) is 0 Å². The van der Waals surface area contributed by atoms with Gasteiger partial charge in [0.2, 0.25) is 11.8 Å². The number of aromatic nitrogens is 1. The third-order valence-electron chi connectivity index (χ3n) is 4.09. The van der Waals surface area contributed by atoms with Crippen molar-refractivity contribution < 1.29 is 14.0 Å². The summed E-state index contributed by atoms with van der Waals surface area (Å²) in [5.41, 5.74) is 0.610. The van der Waals surface area contributed by atoms with Crippen LogP contribution in [0.5, 0.6) is 0 Å². The second-order valence-electron chi connectivity index (χ2n) is 5.73. The van der Waals surface area contributed by atoms with E-state index in [1.54, 1.807) is 4.90 Å². The third kappa shape index (κ3) is 2.75. The Balaban J connectivity index is 1.86. The van der Waals surface area contributed by atoms with Crippen LogP contribution in [0.3, 0.4) is 0 Å². The molecule has 2 amide bonds. The monoisotopic (exact) mass is 291 g/mol.